The van der Waals surface area contributed by atoms with E-state index in [0.29, 0.717) is 29.1 Å². The first-order chi connectivity index (χ1) is 15.9. The van der Waals surface area contributed by atoms with Crippen LogP contribution in [0, 0.1) is 18.8 Å². The van der Waals surface area contributed by atoms with Crippen molar-refractivity contribution in [3.63, 3.8) is 0 Å². The number of allylic oxidation sites excluding steroid dienone is 8. The molecule has 1 fully saturated rings. The summed E-state index contributed by atoms with van der Waals surface area (Å²) in [6.45, 7) is 1.96. The molecule has 0 aromatic heterocycles. The third-order valence-corrected chi connectivity index (χ3v) is 7.45. The molecule has 4 atom stereocenters. The Kier molecular flexibility index (Phi) is 7.45. The maximum Gasteiger partial charge on any atom is 0.192 e. The zero-order valence-electron chi connectivity index (χ0n) is 19.2. The molecule has 1 aromatic carbocycles. The van der Waals surface area contributed by atoms with Crippen molar-refractivity contribution >= 4 is 5.57 Å². The Hall–Kier alpha value is -2.30. The third kappa shape index (κ3) is 5.12. The summed E-state index contributed by atoms with van der Waals surface area (Å²) in [5, 5.41) is 0. The van der Waals surface area contributed by atoms with E-state index in [0.717, 1.165) is 43.2 Å². The molecule has 3 aliphatic carbocycles. The zero-order valence-corrected chi connectivity index (χ0v) is 19.2. The van der Waals surface area contributed by atoms with E-state index in [-0.39, 0.29) is 11.7 Å². The van der Waals surface area contributed by atoms with Crippen LogP contribution in [-0.4, -0.2) is 31.8 Å². The van der Waals surface area contributed by atoms with Gasteiger partial charge in [-0.25, -0.2) is 17.6 Å². The molecule has 0 saturated heterocycles. The van der Waals surface area contributed by atoms with Crippen molar-refractivity contribution in [1.82, 2.24) is 0 Å². The molecule has 1 nitrogen and oxygen atoms in total. The SMILES string of the molecule is COC1=CC=C(C2CCC(CCC3=CC=C(c4ccc(C)cc4)C(F)C3F)CC2)C(F)C1F. The second-order valence-electron chi connectivity index (χ2n) is 9.53. The summed E-state index contributed by atoms with van der Waals surface area (Å²) >= 11 is 0. The van der Waals surface area contributed by atoms with Gasteiger partial charge in [-0.15, -0.1) is 0 Å². The number of halogens is 4. The van der Waals surface area contributed by atoms with Gasteiger partial charge < -0.3 is 4.74 Å². The van der Waals surface area contributed by atoms with Gasteiger partial charge in [0.15, 0.2) is 24.7 Å². The standard InChI is InChI=1S/C28H32F4O/c1-17-3-8-19(9-4-17)22-14-13-21(25(29)26(22)30)12-7-18-5-10-20(11-6-18)23-15-16-24(33-2)28(32)27(23)31/h3-4,8-9,13-16,18,20,25-28H,5-7,10-12H2,1-2H3. The highest BCUT2D eigenvalue weighted by molar-refractivity contribution is 5.73. The normalized spacial score (nSPS) is 32.4. The third-order valence-electron chi connectivity index (χ3n) is 7.45. The van der Waals surface area contributed by atoms with Gasteiger partial charge in [-0.1, -0.05) is 48.1 Å². The summed E-state index contributed by atoms with van der Waals surface area (Å²) < 4.78 is 63.4. The Morgan fingerprint density at radius 3 is 2.15 bits per heavy atom. The average molecular weight is 461 g/mol. The summed E-state index contributed by atoms with van der Waals surface area (Å²) in [7, 11) is 1.35. The van der Waals surface area contributed by atoms with Gasteiger partial charge in [-0.3, -0.25) is 0 Å². The lowest BCUT2D eigenvalue weighted by Crippen LogP contribution is -2.30. The Morgan fingerprint density at radius 2 is 1.48 bits per heavy atom. The highest BCUT2D eigenvalue weighted by atomic mass is 19.2. The number of hydrogen-bond donors (Lipinski definition) is 0. The predicted octanol–water partition coefficient (Wildman–Crippen LogP) is 7.73. The first-order valence-electron chi connectivity index (χ1n) is 11.9. The summed E-state index contributed by atoms with van der Waals surface area (Å²) in [6, 6.07) is 7.47. The molecule has 1 aromatic rings. The van der Waals surface area contributed by atoms with Crippen LogP contribution in [0.2, 0.25) is 0 Å². The molecule has 4 rings (SSSR count). The van der Waals surface area contributed by atoms with Crippen LogP contribution in [0.5, 0.6) is 0 Å². The highest BCUT2D eigenvalue weighted by Crippen LogP contribution is 2.41. The van der Waals surface area contributed by atoms with Crippen molar-refractivity contribution in [2.45, 2.75) is 70.1 Å². The number of ether oxygens (including phenoxy) is 1. The van der Waals surface area contributed by atoms with Crippen LogP contribution in [-0.2, 0) is 4.74 Å². The van der Waals surface area contributed by atoms with E-state index in [4.69, 9.17) is 4.74 Å². The smallest absolute Gasteiger partial charge is 0.192 e. The molecule has 0 bridgehead atoms. The quantitative estimate of drug-likeness (QED) is 0.395. The van der Waals surface area contributed by atoms with Crippen molar-refractivity contribution in [3.05, 3.63) is 76.6 Å². The number of benzene rings is 1. The van der Waals surface area contributed by atoms with Crippen LogP contribution in [0.3, 0.4) is 0 Å². The van der Waals surface area contributed by atoms with Crippen molar-refractivity contribution < 1.29 is 22.3 Å². The molecule has 0 aliphatic heterocycles. The fourth-order valence-corrected chi connectivity index (χ4v) is 5.32. The molecule has 3 aliphatic rings. The molecule has 0 amide bonds. The molecule has 0 spiro atoms. The molecule has 0 N–H and O–H groups in total. The topological polar surface area (TPSA) is 9.23 Å². The molecule has 4 unspecified atom stereocenters. The van der Waals surface area contributed by atoms with E-state index in [9.17, 15) is 17.6 Å². The van der Waals surface area contributed by atoms with E-state index in [1.807, 2.05) is 31.2 Å². The zero-order chi connectivity index (χ0) is 23.5. The van der Waals surface area contributed by atoms with Gasteiger partial charge in [0, 0.05) is 0 Å². The van der Waals surface area contributed by atoms with Gasteiger partial charge in [0.2, 0.25) is 0 Å². The number of rotatable bonds is 6. The van der Waals surface area contributed by atoms with Gasteiger partial charge in [0.1, 0.15) is 5.76 Å². The Morgan fingerprint density at radius 1 is 0.788 bits per heavy atom. The van der Waals surface area contributed by atoms with Gasteiger partial charge in [-0.2, -0.15) is 0 Å². The molecule has 0 radical (unpaired) electrons. The minimum absolute atomic E-state index is 0.0298. The largest absolute Gasteiger partial charge is 0.498 e. The Labute approximate surface area is 193 Å². The van der Waals surface area contributed by atoms with E-state index in [1.54, 1.807) is 18.2 Å². The lowest BCUT2D eigenvalue weighted by atomic mass is 9.74. The van der Waals surface area contributed by atoms with E-state index < -0.39 is 24.7 Å². The van der Waals surface area contributed by atoms with Crippen LogP contribution in [0.1, 0.15) is 49.7 Å². The summed E-state index contributed by atoms with van der Waals surface area (Å²) in [5.41, 5.74) is 3.22. The number of alkyl halides is 4. The highest BCUT2D eigenvalue weighted by Gasteiger charge is 2.37. The molecule has 5 heteroatoms. The molecule has 178 valence electrons. The first kappa shape index (κ1) is 23.8. The molecular formula is C28H32F4O. The minimum atomic E-state index is -1.74. The summed E-state index contributed by atoms with van der Waals surface area (Å²) in [6.07, 6.45) is 4.67. The summed E-state index contributed by atoms with van der Waals surface area (Å²) in [5.74, 6) is 0.456. The van der Waals surface area contributed by atoms with E-state index >= 15 is 0 Å². The predicted molar refractivity (Wildman–Crippen MR) is 125 cm³/mol. The molecule has 0 heterocycles. The molecular weight excluding hydrogens is 428 g/mol. The van der Waals surface area contributed by atoms with Crippen molar-refractivity contribution in [1.29, 1.82) is 0 Å². The minimum Gasteiger partial charge on any atom is -0.498 e. The van der Waals surface area contributed by atoms with Crippen LogP contribution in [0.15, 0.2) is 65.5 Å². The van der Waals surface area contributed by atoms with Gasteiger partial charge in [0.05, 0.1) is 7.11 Å². The fraction of sp³-hybridized carbons (Fsp3) is 0.500. The van der Waals surface area contributed by atoms with E-state index in [1.165, 1.54) is 13.2 Å². The van der Waals surface area contributed by atoms with Crippen LogP contribution in [0.4, 0.5) is 17.6 Å². The van der Waals surface area contributed by atoms with Crippen molar-refractivity contribution in [3.8, 4) is 0 Å². The van der Waals surface area contributed by atoms with Crippen LogP contribution < -0.4 is 0 Å². The maximum absolute atomic E-state index is 14.9. The van der Waals surface area contributed by atoms with Gasteiger partial charge >= 0.3 is 0 Å². The Bertz CT molecular complexity index is 951. The number of methoxy groups -OCH3 is 1. The van der Waals surface area contributed by atoms with E-state index in [2.05, 4.69) is 0 Å². The Balaban J connectivity index is 1.32. The van der Waals surface area contributed by atoms with Crippen LogP contribution >= 0.6 is 0 Å². The fourth-order valence-electron chi connectivity index (χ4n) is 5.32. The monoisotopic (exact) mass is 460 g/mol. The van der Waals surface area contributed by atoms with Crippen LogP contribution in [0.25, 0.3) is 5.57 Å². The number of aryl methyl sites for hydroxylation is 1. The maximum atomic E-state index is 14.9. The molecule has 33 heavy (non-hydrogen) atoms. The second-order valence-corrected chi connectivity index (χ2v) is 9.53. The first-order valence-corrected chi connectivity index (χ1v) is 11.9. The number of hydrogen-bond acceptors (Lipinski definition) is 1. The van der Waals surface area contributed by atoms with Crippen molar-refractivity contribution in [2.75, 3.05) is 7.11 Å². The lowest BCUT2D eigenvalue weighted by Gasteiger charge is -2.34. The second kappa shape index (κ2) is 10.3. The van der Waals surface area contributed by atoms with Gasteiger partial charge in [0.25, 0.3) is 0 Å². The molecule has 1 saturated carbocycles. The van der Waals surface area contributed by atoms with Gasteiger partial charge in [-0.05, 0) is 85.6 Å². The average Bonchev–Trinajstić information content (AvgIpc) is 2.83. The van der Waals surface area contributed by atoms with Crippen molar-refractivity contribution in [2.24, 2.45) is 11.8 Å². The summed E-state index contributed by atoms with van der Waals surface area (Å²) in [4.78, 5) is 0. The lowest BCUT2D eigenvalue weighted by molar-refractivity contribution is 0.130.